The van der Waals surface area contributed by atoms with Gasteiger partial charge in [-0.15, -0.1) is 11.8 Å². The van der Waals surface area contributed by atoms with Gasteiger partial charge in [0.25, 0.3) is 0 Å². The summed E-state index contributed by atoms with van der Waals surface area (Å²) in [4.78, 5) is 15.6. The zero-order valence-corrected chi connectivity index (χ0v) is 16.3. The molecule has 3 nitrogen and oxygen atoms in total. The number of aliphatic hydroxyl groups is 1. The maximum atomic E-state index is 12.4. The summed E-state index contributed by atoms with van der Waals surface area (Å²) in [7, 11) is 0. The van der Waals surface area contributed by atoms with Crippen LogP contribution in [0, 0.1) is 11.8 Å². The smallest absolute Gasteiger partial charge is 0.246 e. The number of rotatable bonds is 8. The molecule has 2 rings (SSSR count). The molecule has 0 aromatic heterocycles. The molecule has 0 saturated carbocycles. The summed E-state index contributed by atoms with van der Waals surface area (Å²) in [6.07, 6.45) is 7.74. The van der Waals surface area contributed by atoms with Gasteiger partial charge < -0.3 is 10.0 Å². The molecule has 1 heterocycles. The van der Waals surface area contributed by atoms with Gasteiger partial charge in [-0.1, -0.05) is 32.0 Å². The van der Waals surface area contributed by atoms with E-state index in [0.717, 1.165) is 43.7 Å². The van der Waals surface area contributed by atoms with Gasteiger partial charge >= 0.3 is 0 Å². The number of hydrogen-bond acceptors (Lipinski definition) is 3. The zero-order valence-electron chi connectivity index (χ0n) is 15.5. The number of likely N-dealkylation sites (tertiary alicyclic amines) is 1. The van der Waals surface area contributed by atoms with Crippen molar-refractivity contribution in [2.24, 2.45) is 11.8 Å². The van der Waals surface area contributed by atoms with E-state index in [1.54, 1.807) is 6.08 Å². The number of aliphatic hydroxyl groups excluding tert-OH is 1. The number of thioether (sulfide) groups is 1. The Hall–Kier alpha value is -1.26. The highest BCUT2D eigenvalue weighted by Gasteiger charge is 2.20. The molecular weight excluding hydrogens is 330 g/mol. The van der Waals surface area contributed by atoms with Crippen LogP contribution in [0.25, 0.3) is 6.08 Å². The van der Waals surface area contributed by atoms with Crippen molar-refractivity contribution in [1.82, 2.24) is 4.90 Å². The Morgan fingerprint density at radius 2 is 2.04 bits per heavy atom. The predicted molar refractivity (Wildman–Crippen MR) is 107 cm³/mol. The van der Waals surface area contributed by atoms with E-state index in [9.17, 15) is 4.79 Å². The van der Waals surface area contributed by atoms with Crippen LogP contribution in [0.2, 0.25) is 0 Å². The number of amides is 1. The third-order valence-electron chi connectivity index (χ3n) is 4.74. The average molecular weight is 362 g/mol. The van der Waals surface area contributed by atoms with Crippen molar-refractivity contribution in [3.05, 3.63) is 35.9 Å². The van der Waals surface area contributed by atoms with Gasteiger partial charge in [0.2, 0.25) is 5.91 Å². The molecular formula is C21H31NO2S. The quantitative estimate of drug-likeness (QED) is 0.549. The highest BCUT2D eigenvalue weighted by Crippen LogP contribution is 2.26. The normalized spacial score (nSPS) is 16.1. The van der Waals surface area contributed by atoms with Crippen LogP contribution in [-0.2, 0) is 4.79 Å². The number of hydrogen-bond donors (Lipinski definition) is 1. The fraction of sp³-hybridized carbons (Fsp3) is 0.571. The van der Waals surface area contributed by atoms with Gasteiger partial charge in [0.15, 0.2) is 0 Å². The Balaban J connectivity index is 1.89. The van der Waals surface area contributed by atoms with E-state index < -0.39 is 0 Å². The molecule has 138 valence electrons. The van der Waals surface area contributed by atoms with Gasteiger partial charge in [-0.25, -0.2) is 0 Å². The number of piperidine rings is 1. The molecule has 1 aliphatic rings. The van der Waals surface area contributed by atoms with Crippen LogP contribution in [0.15, 0.2) is 35.2 Å². The van der Waals surface area contributed by atoms with Gasteiger partial charge in [0.1, 0.15) is 0 Å². The van der Waals surface area contributed by atoms with E-state index in [1.165, 1.54) is 11.3 Å². The van der Waals surface area contributed by atoms with Crippen molar-refractivity contribution in [2.45, 2.75) is 44.4 Å². The largest absolute Gasteiger partial charge is 0.396 e. The summed E-state index contributed by atoms with van der Waals surface area (Å²) in [5, 5.41) is 9.03. The topological polar surface area (TPSA) is 40.5 Å². The molecule has 25 heavy (non-hydrogen) atoms. The van der Waals surface area contributed by atoms with E-state index in [-0.39, 0.29) is 12.5 Å². The van der Waals surface area contributed by atoms with E-state index in [1.807, 2.05) is 28.8 Å². The van der Waals surface area contributed by atoms with Crippen LogP contribution >= 0.6 is 11.8 Å². The molecule has 0 aliphatic carbocycles. The molecule has 4 heteroatoms. The molecule has 1 N–H and O–H groups in total. The average Bonchev–Trinajstić information content (AvgIpc) is 2.61. The summed E-state index contributed by atoms with van der Waals surface area (Å²) in [6.45, 7) is 6.35. The monoisotopic (exact) mass is 361 g/mol. The van der Waals surface area contributed by atoms with Crippen LogP contribution < -0.4 is 0 Å². The van der Waals surface area contributed by atoms with Crippen molar-refractivity contribution in [2.75, 3.05) is 25.4 Å². The van der Waals surface area contributed by atoms with Crippen molar-refractivity contribution < 1.29 is 9.90 Å². The van der Waals surface area contributed by atoms with E-state index in [0.29, 0.717) is 11.8 Å². The first kappa shape index (κ1) is 20.1. The third-order valence-corrected chi connectivity index (χ3v) is 5.86. The SMILES string of the molecule is CC(C)CCSc1ccccc1C=CC(=O)N1CCC(CCO)CC1. The second kappa shape index (κ2) is 10.7. The molecule has 1 saturated heterocycles. The van der Waals surface area contributed by atoms with Gasteiger partial charge in [0.05, 0.1) is 0 Å². The van der Waals surface area contributed by atoms with Crippen LogP contribution in [0.4, 0.5) is 0 Å². The molecule has 1 fully saturated rings. The Labute approximate surface area is 156 Å². The predicted octanol–water partition coefficient (Wildman–Crippen LogP) is 4.46. The lowest BCUT2D eigenvalue weighted by Crippen LogP contribution is -2.37. The van der Waals surface area contributed by atoms with E-state index >= 15 is 0 Å². The highest BCUT2D eigenvalue weighted by molar-refractivity contribution is 7.99. The second-order valence-corrected chi connectivity index (χ2v) is 8.32. The van der Waals surface area contributed by atoms with Crippen molar-refractivity contribution >= 4 is 23.7 Å². The van der Waals surface area contributed by atoms with Crippen LogP contribution in [0.5, 0.6) is 0 Å². The lowest BCUT2D eigenvalue weighted by atomic mass is 9.94. The fourth-order valence-electron chi connectivity index (χ4n) is 3.05. The molecule has 1 aromatic rings. The van der Waals surface area contributed by atoms with Crippen LogP contribution in [-0.4, -0.2) is 41.4 Å². The number of nitrogens with zero attached hydrogens (tertiary/aromatic N) is 1. The molecule has 0 radical (unpaired) electrons. The Morgan fingerprint density at radius 1 is 1.32 bits per heavy atom. The lowest BCUT2D eigenvalue weighted by Gasteiger charge is -2.31. The first-order chi connectivity index (χ1) is 12.1. The number of benzene rings is 1. The maximum Gasteiger partial charge on any atom is 0.246 e. The summed E-state index contributed by atoms with van der Waals surface area (Å²) in [6, 6.07) is 8.30. The summed E-state index contributed by atoms with van der Waals surface area (Å²) in [5.41, 5.74) is 1.12. The van der Waals surface area contributed by atoms with E-state index in [4.69, 9.17) is 5.11 Å². The van der Waals surface area contributed by atoms with Gasteiger partial charge in [-0.3, -0.25) is 4.79 Å². The highest BCUT2D eigenvalue weighted by atomic mass is 32.2. The zero-order chi connectivity index (χ0) is 18.1. The minimum Gasteiger partial charge on any atom is -0.396 e. The minimum absolute atomic E-state index is 0.101. The van der Waals surface area contributed by atoms with Gasteiger partial charge in [-0.05, 0) is 61.0 Å². The van der Waals surface area contributed by atoms with Gasteiger partial charge in [-0.2, -0.15) is 0 Å². The Bertz CT molecular complexity index is 563. The summed E-state index contributed by atoms with van der Waals surface area (Å²) in [5.74, 6) is 2.49. The van der Waals surface area contributed by atoms with Crippen LogP contribution in [0.3, 0.4) is 0 Å². The van der Waals surface area contributed by atoms with Crippen molar-refractivity contribution in [1.29, 1.82) is 0 Å². The first-order valence-electron chi connectivity index (χ1n) is 9.39. The summed E-state index contributed by atoms with van der Waals surface area (Å²) >= 11 is 1.87. The second-order valence-electron chi connectivity index (χ2n) is 7.18. The number of carbonyl (C=O) groups is 1. The molecule has 0 unspecified atom stereocenters. The van der Waals surface area contributed by atoms with E-state index in [2.05, 4.69) is 32.0 Å². The maximum absolute atomic E-state index is 12.4. The molecule has 1 amide bonds. The number of carbonyl (C=O) groups excluding carboxylic acids is 1. The van der Waals surface area contributed by atoms with Crippen molar-refractivity contribution in [3.8, 4) is 0 Å². The first-order valence-corrected chi connectivity index (χ1v) is 10.4. The molecule has 0 atom stereocenters. The van der Waals surface area contributed by atoms with Gasteiger partial charge in [0, 0.05) is 30.7 Å². The standard InChI is InChI=1S/C21H31NO2S/c1-17(2)12-16-25-20-6-4-3-5-19(20)7-8-21(24)22-13-9-18(10-14-22)11-15-23/h3-8,17-18,23H,9-16H2,1-2H3. The van der Waals surface area contributed by atoms with Crippen LogP contribution in [0.1, 0.15) is 45.1 Å². The fourth-order valence-corrected chi connectivity index (χ4v) is 4.33. The Kier molecular flexibility index (Phi) is 8.56. The summed E-state index contributed by atoms with van der Waals surface area (Å²) < 4.78 is 0. The van der Waals surface area contributed by atoms with Crippen molar-refractivity contribution in [3.63, 3.8) is 0 Å². The molecule has 0 spiro atoms. The third kappa shape index (κ3) is 6.87. The lowest BCUT2D eigenvalue weighted by molar-refractivity contribution is -0.127. The molecule has 1 aliphatic heterocycles. The molecule has 1 aromatic carbocycles. The Morgan fingerprint density at radius 3 is 2.72 bits per heavy atom. The minimum atomic E-state index is 0.101. The molecule has 0 bridgehead atoms.